The first-order chi connectivity index (χ1) is 9.07. The Morgan fingerprint density at radius 1 is 1.55 bits per heavy atom. The van der Waals surface area contributed by atoms with Crippen LogP contribution in [0, 0.1) is 5.92 Å². The number of carbonyl (C=O) groups excluding carboxylic acids is 2. The van der Waals surface area contributed by atoms with Gasteiger partial charge >= 0.3 is 5.97 Å². The molecule has 2 aliphatic rings. The predicted octanol–water partition coefficient (Wildman–Crippen LogP) is -0.533. The molecule has 0 saturated carbocycles. The number of amides is 1. The Morgan fingerprint density at radius 2 is 2.10 bits per heavy atom. The molecule has 1 N–H and O–H groups in total. The molecule has 2 heterocycles. The van der Waals surface area contributed by atoms with Crippen LogP contribution < -0.4 is 0 Å². The van der Waals surface area contributed by atoms with E-state index in [0.29, 0.717) is 0 Å². The summed E-state index contributed by atoms with van der Waals surface area (Å²) in [6.07, 6.45) is 0. The summed E-state index contributed by atoms with van der Waals surface area (Å²) in [5.74, 6) is -2.42. The lowest BCUT2D eigenvalue weighted by Gasteiger charge is -2.42. The third-order valence-corrected chi connectivity index (χ3v) is 6.85. The van der Waals surface area contributed by atoms with Crippen LogP contribution in [0.5, 0.6) is 0 Å². The highest BCUT2D eigenvalue weighted by molar-refractivity contribution is 7.93. The number of carbonyl (C=O) groups is 2. The van der Waals surface area contributed by atoms with E-state index in [2.05, 4.69) is 0 Å². The highest BCUT2D eigenvalue weighted by atomic mass is 35.5. The number of halogens is 1. The van der Waals surface area contributed by atoms with Gasteiger partial charge in [0, 0.05) is 0 Å². The fourth-order valence-electron chi connectivity index (χ4n) is 2.78. The molecule has 2 saturated heterocycles. The number of nitrogens with zero attached hydrogens (tertiary/aromatic N) is 1. The van der Waals surface area contributed by atoms with Gasteiger partial charge in [-0.25, -0.2) is 13.2 Å². The van der Waals surface area contributed by atoms with E-state index in [-0.39, 0.29) is 0 Å². The molecule has 114 valence electrons. The Balaban J connectivity index is 2.44. The van der Waals surface area contributed by atoms with Crippen LogP contribution >= 0.6 is 11.6 Å². The molecule has 7 nitrogen and oxygen atoms in total. The smallest absolute Gasteiger partial charge is 0.332 e. The van der Waals surface area contributed by atoms with Crippen molar-refractivity contribution in [3.05, 3.63) is 0 Å². The van der Waals surface area contributed by atoms with Gasteiger partial charge in [-0.15, -0.1) is 0 Å². The second-order valence-corrected chi connectivity index (χ2v) is 8.70. The van der Waals surface area contributed by atoms with Crippen LogP contribution in [0.1, 0.15) is 20.8 Å². The number of alkyl halides is 1. The van der Waals surface area contributed by atoms with Crippen molar-refractivity contribution in [3.63, 3.8) is 0 Å². The first-order valence-corrected chi connectivity index (χ1v) is 8.06. The lowest BCUT2D eigenvalue weighted by atomic mass is 9.92. The molecule has 0 aromatic carbocycles. The molecule has 0 spiro atoms. The minimum Gasteiger partial charge on any atom is -0.445 e. The molecular weight excluding hydrogens is 310 g/mol. The van der Waals surface area contributed by atoms with Crippen molar-refractivity contribution in [3.8, 4) is 0 Å². The molecule has 0 aromatic heterocycles. The lowest BCUT2D eigenvalue weighted by molar-refractivity contribution is -0.168. The van der Waals surface area contributed by atoms with Gasteiger partial charge in [0.2, 0.25) is 5.91 Å². The maximum Gasteiger partial charge on any atom is 0.332 e. The van der Waals surface area contributed by atoms with Crippen molar-refractivity contribution in [2.75, 3.05) is 6.61 Å². The standard InChI is InChI=1S/C11H16ClNO6S/c1-5(12)19-10(16)7-11(2,3)20(17,18)9-6(4-14)8(15)13(7)9/h5-7,9,14H,4H2,1-3H3/t5?,6-,7+,9-/m1/s1. The summed E-state index contributed by atoms with van der Waals surface area (Å²) in [5, 5.41) is 7.96. The SMILES string of the molecule is CC(Cl)OC(=O)[C@@H]1N2C(=O)[C@@H](CO)[C@H]2S(=O)(=O)C1(C)C. The van der Waals surface area contributed by atoms with E-state index >= 15 is 0 Å². The largest absolute Gasteiger partial charge is 0.445 e. The van der Waals surface area contributed by atoms with Crippen molar-refractivity contribution >= 4 is 33.3 Å². The fraction of sp³-hybridized carbons (Fsp3) is 0.818. The van der Waals surface area contributed by atoms with Crippen LogP contribution in [-0.4, -0.2) is 58.6 Å². The maximum absolute atomic E-state index is 12.4. The van der Waals surface area contributed by atoms with E-state index in [9.17, 15) is 18.0 Å². The van der Waals surface area contributed by atoms with Gasteiger partial charge in [0.25, 0.3) is 0 Å². The summed E-state index contributed by atoms with van der Waals surface area (Å²) < 4.78 is 28.2. The zero-order valence-electron chi connectivity index (χ0n) is 11.2. The number of aliphatic hydroxyl groups excluding tert-OH is 1. The van der Waals surface area contributed by atoms with E-state index in [1.165, 1.54) is 20.8 Å². The van der Waals surface area contributed by atoms with Crippen molar-refractivity contribution in [1.82, 2.24) is 4.90 Å². The Kier molecular flexibility index (Phi) is 3.55. The normalized spacial score (nSPS) is 35.1. The fourth-order valence-corrected chi connectivity index (χ4v) is 5.17. The number of rotatable bonds is 3. The van der Waals surface area contributed by atoms with E-state index in [1.54, 1.807) is 0 Å². The average molecular weight is 326 g/mol. The molecule has 0 aromatic rings. The Labute approximate surface area is 121 Å². The first kappa shape index (κ1) is 15.5. The molecule has 1 amide bonds. The first-order valence-electron chi connectivity index (χ1n) is 6.08. The number of esters is 1. The monoisotopic (exact) mass is 325 g/mol. The van der Waals surface area contributed by atoms with Crippen LogP contribution in [0.3, 0.4) is 0 Å². The summed E-state index contributed by atoms with van der Waals surface area (Å²) in [6.45, 7) is 3.59. The minimum atomic E-state index is -3.79. The third-order valence-electron chi connectivity index (χ3n) is 3.88. The van der Waals surface area contributed by atoms with Gasteiger partial charge < -0.3 is 14.7 Å². The molecule has 2 aliphatic heterocycles. The number of β-lactam (4-membered cyclic amide) rings is 1. The summed E-state index contributed by atoms with van der Waals surface area (Å²) in [6, 6.07) is -1.24. The van der Waals surface area contributed by atoms with E-state index in [4.69, 9.17) is 21.4 Å². The summed E-state index contributed by atoms with van der Waals surface area (Å²) >= 11 is 5.57. The molecule has 0 radical (unpaired) electrons. The molecule has 0 bridgehead atoms. The average Bonchev–Trinajstić information content (AvgIpc) is 2.43. The zero-order valence-corrected chi connectivity index (χ0v) is 12.8. The lowest BCUT2D eigenvalue weighted by Crippen LogP contribution is -2.64. The number of sulfone groups is 1. The molecule has 2 rings (SSSR count). The van der Waals surface area contributed by atoms with Gasteiger partial charge in [-0.3, -0.25) is 4.79 Å². The zero-order chi connectivity index (χ0) is 15.5. The van der Waals surface area contributed by atoms with Crippen molar-refractivity contribution in [1.29, 1.82) is 0 Å². The predicted molar refractivity (Wildman–Crippen MR) is 69.4 cm³/mol. The number of ether oxygens (including phenoxy) is 1. The van der Waals surface area contributed by atoms with Gasteiger partial charge in [0.1, 0.15) is 11.4 Å². The Bertz CT molecular complexity index is 557. The van der Waals surface area contributed by atoms with Crippen molar-refractivity contribution in [2.45, 2.75) is 42.5 Å². The van der Waals surface area contributed by atoms with Gasteiger partial charge in [0.15, 0.2) is 15.4 Å². The molecular formula is C11H16ClNO6S. The minimum absolute atomic E-state index is 0.559. The number of aliphatic hydroxyl groups is 1. The van der Waals surface area contributed by atoms with Crippen LogP contribution in [0.15, 0.2) is 0 Å². The molecule has 1 unspecified atom stereocenters. The van der Waals surface area contributed by atoms with Gasteiger partial charge in [0.05, 0.1) is 17.3 Å². The van der Waals surface area contributed by atoms with Gasteiger partial charge in [-0.1, -0.05) is 11.6 Å². The Morgan fingerprint density at radius 3 is 2.55 bits per heavy atom. The third kappa shape index (κ3) is 1.78. The molecule has 2 fully saturated rings. The molecule has 0 aliphatic carbocycles. The molecule has 4 atom stereocenters. The number of hydrogen-bond donors (Lipinski definition) is 1. The second-order valence-electron chi connectivity index (χ2n) is 5.46. The van der Waals surface area contributed by atoms with Crippen molar-refractivity contribution in [2.24, 2.45) is 5.92 Å². The van der Waals surface area contributed by atoms with Crippen LogP contribution in [0.4, 0.5) is 0 Å². The highest BCUT2D eigenvalue weighted by Crippen LogP contribution is 2.48. The summed E-state index contributed by atoms with van der Waals surface area (Å²) in [5.41, 5.74) is -0.926. The van der Waals surface area contributed by atoms with Crippen LogP contribution in [0.25, 0.3) is 0 Å². The Hall–Kier alpha value is -0.860. The quantitative estimate of drug-likeness (QED) is 0.425. The van der Waals surface area contributed by atoms with E-state index in [0.717, 1.165) is 4.90 Å². The molecule has 20 heavy (non-hydrogen) atoms. The van der Waals surface area contributed by atoms with Gasteiger partial charge in [-0.2, -0.15) is 0 Å². The topological polar surface area (TPSA) is 101 Å². The van der Waals surface area contributed by atoms with E-state index in [1.807, 2.05) is 0 Å². The second kappa shape index (κ2) is 4.57. The van der Waals surface area contributed by atoms with Gasteiger partial charge in [-0.05, 0) is 20.8 Å². The maximum atomic E-state index is 12.4. The van der Waals surface area contributed by atoms with Crippen LogP contribution in [-0.2, 0) is 24.2 Å². The van der Waals surface area contributed by atoms with Crippen molar-refractivity contribution < 1.29 is 27.9 Å². The highest BCUT2D eigenvalue weighted by Gasteiger charge is 2.72. The summed E-state index contributed by atoms with van der Waals surface area (Å²) in [7, 11) is -3.79. The molecule has 9 heteroatoms. The van der Waals surface area contributed by atoms with Crippen LogP contribution in [0.2, 0.25) is 0 Å². The summed E-state index contributed by atoms with van der Waals surface area (Å²) in [4.78, 5) is 25.0. The number of fused-ring (bicyclic) bond motifs is 1. The van der Waals surface area contributed by atoms with E-state index < -0.39 is 56.0 Å². The number of hydrogen-bond acceptors (Lipinski definition) is 6.